The highest BCUT2D eigenvalue weighted by atomic mass is 16.4. The van der Waals surface area contributed by atoms with E-state index in [1.54, 1.807) is 10.9 Å². The van der Waals surface area contributed by atoms with Crippen LogP contribution >= 0.6 is 0 Å². The summed E-state index contributed by atoms with van der Waals surface area (Å²) < 4.78 is 1.66. The average molecular weight is 239 g/mol. The molecule has 1 heterocycles. The molecule has 1 N–H and O–H groups in total. The molecule has 0 spiro atoms. The van der Waals surface area contributed by atoms with Crippen LogP contribution in [0.3, 0.4) is 0 Å². The second-order valence-corrected chi connectivity index (χ2v) is 3.61. The highest BCUT2D eigenvalue weighted by molar-refractivity contribution is 5.93. The van der Waals surface area contributed by atoms with Crippen LogP contribution in [0.1, 0.15) is 30.6 Å². The Hall–Kier alpha value is -1.85. The van der Waals surface area contributed by atoms with E-state index in [4.69, 9.17) is 5.11 Å². The summed E-state index contributed by atoms with van der Waals surface area (Å²) >= 11 is 0. The Morgan fingerprint density at radius 1 is 1.47 bits per heavy atom. The maximum Gasteiger partial charge on any atom is 0.305 e. The van der Waals surface area contributed by atoms with Gasteiger partial charge < -0.3 is 10.0 Å². The summed E-state index contributed by atoms with van der Waals surface area (Å²) in [5.41, 5.74) is 0.499. The summed E-state index contributed by atoms with van der Waals surface area (Å²) in [7, 11) is 0. The highest BCUT2D eigenvalue weighted by Gasteiger charge is 2.16. The molecule has 0 aliphatic heterocycles. The lowest BCUT2D eigenvalue weighted by atomic mass is 10.3. The first-order valence-electron chi connectivity index (χ1n) is 5.62. The lowest BCUT2D eigenvalue weighted by Gasteiger charge is -2.18. The number of aryl methyl sites for hydroxylation is 1. The molecule has 0 unspecified atom stereocenters. The second kappa shape index (κ2) is 6.03. The monoisotopic (exact) mass is 239 g/mol. The fraction of sp³-hybridized carbons (Fsp3) is 0.545. The molecule has 0 radical (unpaired) electrons. The second-order valence-electron chi connectivity index (χ2n) is 3.61. The highest BCUT2D eigenvalue weighted by Crippen LogP contribution is 2.04. The van der Waals surface area contributed by atoms with Crippen LogP contribution in [-0.4, -0.2) is 44.8 Å². The quantitative estimate of drug-likeness (QED) is 0.798. The third-order valence-corrected chi connectivity index (χ3v) is 2.47. The molecule has 6 nitrogen and oxygen atoms in total. The van der Waals surface area contributed by atoms with Crippen molar-refractivity contribution < 1.29 is 14.7 Å². The smallest absolute Gasteiger partial charge is 0.305 e. The zero-order valence-corrected chi connectivity index (χ0v) is 10.1. The summed E-state index contributed by atoms with van der Waals surface area (Å²) in [5, 5.41) is 12.6. The first-order chi connectivity index (χ1) is 8.08. The molecule has 1 aromatic heterocycles. The van der Waals surface area contributed by atoms with E-state index in [0.29, 0.717) is 18.7 Å². The van der Waals surface area contributed by atoms with E-state index >= 15 is 0 Å². The average Bonchev–Trinajstić information content (AvgIpc) is 2.77. The predicted octanol–water partition coefficient (Wildman–Crippen LogP) is 0.840. The Morgan fingerprint density at radius 3 is 2.65 bits per heavy atom. The summed E-state index contributed by atoms with van der Waals surface area (Å²) in [6.07, 6.45) is 3.14. The van der Waals surface area contributed by atoms with Crippen molar-refractivity contribution in [1.82, 2.24) is 14.7 Å². The number of carbonyl (C=O) groups excluding carboxylic acids is 1. The van der Waals surface area contributed by atoms with Gasteiger partial charge in [0.15, 0.2) is 0 Å². The Morgan fingerprint density at radius 2 is 2.18 bits per heavy atom. The van der Waals surface area contributed by atoms with E-state index in [-0.39, 0.29) is 18.9 Å². The minimum absolute atomic E-state index is 0.0402. The first kappa shape index (κ1) is 13.2. The molecular weight excluding hydrogens is 222 g/mol. The third-order valence-electron chi connectivity index (χ3n) is 2.47. The van der Waals surface area contributed by atoms with Gasteiger partial charge in [0.25, 0.3) is 5.91 Å². The number of hydrogen-bond donors (Lipinski definition) is 1. The van der Waals surface area contributed by atoms with Gasteiger partial charge in [-0.1, -0.05) is 0 Å². The van der Waals surface area contributed by atoms with E-state index in [2.05, 4.69) is 5.10 Å². The largest absolute Gasteiger partial charge is 0.481 e. The van der Waals surface area contributed by atoms with Gasteiger partial charge in [0.05, 0.1) is 18.2 Å². The zero-order valence-electron chi connectivity index (χ0n) is 10.1. The van der Waals surface area contributed by atoms with Crippen molar-refractivity contribution in [2.24, 2.45) is 0 Å². The number of carboxylic acids is 1. The van der Waals surface area contributed by atoms with Crippen molar-refractivity contribution in [2.45, 2.75) is 26.8 Å². The number of amides is 1. The lowest BCUT2D eigenvalue weighted by Crippen LogP contribution is -2.32. The summed E-state index contributed by atoms with van der Waals surface area (Å²) in [5.74, 6) is -1.08. The number of rotatable bonds is 6. The molecule has 0 saturated heterocycles. The number of aliphatic carboxylic acids is 1. The Balaban J connectivity index is 2.68. The fourth-order valence-corrected chi connectivity index (χ4v) is 1.46. The van der Waals surface area contributed by atoms with Gasteiger partial charge in [-0.15, -0.1) is 0 Å². The minimum atomic E-state index is -0.902. The molecule has 1 aromatic rings. The Labute approximate surface area is 99.8 Å². The van der Waals surface area contributed by atoms with Gasteiger partial charge in [0, 0.05) is 25.8 Å². The minimum Gasteiger partial charge on any atom is -0.481 e. The number of carboxylic acid groups (broad SMARTS) is 1. The standard InChI is InChI=1S/C11H17N3O3/c1-3-13(6-5-10(15)16)11(17)9-7-12-14(4-2)8-9/h7-8H,3-6H2,1-2H3,(H,15,16). The molecule has 0 fully saturated rings. The van der Waals surface area contributed by atoms with Crippen LogP contribution in [-0.2, 0) is 11.3 Å². The zero-order chi connectivity index (χ0) is 12.8. The van der Waals surface area contributed by atoms with Gasteiger partial charge in [-0.3, -0.25) is 14.3 Å². The van der Waals surface area contributed by atoms with Gasteiger partial charge in [-0.25, -0.2) is 0 Å². The molecule has 0 aliphatic rings. The van der Waals surface area contributed by atoms with Crippen molar-refractivity contribution in [3.05, 3.63) is 18.0 Å². The van der Waals surface area contributed by atoms with Gasteiger partial charge in [0.1, 0.15) is 0 Å². The number of aromatic nitrogens is 2. The van der Waals surface area contributed by atoms with Crippen LogP contribution in [0.2, 0.25) is 0 Å². The number of carbonyl (C=O) groups is 2. The molecule has 0 aromatic carbocycles. The molecule has 17 heavy (non-hydrogen) atoms. The molecule has 94 valence electrons. The van der Waals surface area contributed by atoms with E-state index in [1.807, 2.05) is 13.8 Å². The molecular formula is C11H17N3O3. The van der Waals surface area contributed by atoms with Crippen molar-refractivity contribution in [2.75, 3.05) is 13.1 Å². The van der Waals surface area contributed by atoms with Crippen LogP contribution in [0.15, 0.2) is 12.4 Å². The van der Waals surface area contributed by atoms with Gasteiger partial charge >= 0.3 is 5.97 Å². The van der Waals surface area contributed by atoms with Crippen LogP contribution in [0.5, 0.6) is 0 Å². The molecule has 1 amide bonds. The third kappa shape index (κ3) is 3.58. The predicted molar refractivity (Wildman–Crippen MR) is 61.7 cm³/mol. The normalized spacial score (nSPS) is 10.2. The molecule has 0 aliphatic carbocycles. The molecule has 6 heteroatoms. The maximum absolute atomic E-state index is 12.0. The van der Waals surface area contributed by atoms with Crippen LogP contribution in [0, 0.1) is 0 Å². The molecule has 0 saturated carbocycles. The van der Waals surface area contributed by atoms with Crippen molar-refractivity contribution in [3.63, 3.8) is 0 Å². The van der Waals surface area contributed by atoms with Crippen LogP contribution < -0.4 is 0 Å². The Bertz CT molecular complexity index is 400. The van der Waals surface area contributed by atoms with Crippen LogP contribution in [0.4, 0.5) is 0 Å². The van der Waals surface area contributed by atoms with Crippen LogP contribution in [0.25, 0.3) is 0 Å². The maximum atomic E-state index is 12.0. The van der Waals surface area contributed by atoms with Crippen molar-refractivity contribution in [1.29, 1.82) is 0 Å². The van der Waals surface area contributed by atoms with E-state index in [1.165, 1.54) is 11.1 Å². The summed E-state index contributed by atoms with van der Waals surface area (Å²) in [4.78, 5) is 24.0. The topological polar surface area (TPSA) is 75.4 Å². The summed E-state index contributed by atoms with van der Waals surface area (Å²) in [6.45, 7) is 5.17. The first-order valence-corrected chi connectivity index (χ1v) is 5.62. The number of nitrogens with zero attached hydrogens (tertiary/aromatic N) is 3. The van der Waals surface area contributed by atoms with E-state index < -0.39 is 5.97 Å². The SMILES string of the molecule is CCN(CCC(=O)O)C(=O)c1cnn(CC)c1. The fourth-order valence-electron chi connectivity index (χ4n) is 1.46. The molecule has 1 rings (SSSR count). The molecule has 0 atom stereocenters. The number of hydrogen-bond acceptors (Lipinski definition) is 3. The molecule has 0 bridgehead atoms. The lowest BCUT2D eigenvalue weighted by molar-refractivity contribution is -0.137. The van der Waals surface area contributed by atoms with Crippen molar-refractivity contribution >= 4 is 11.9 Å². The van der Waals surface area contributed by atoms with Gasteiger partial charge in [-0.2, -0.15) is 5.10 Å². The Kier molecular flexibility index (Phi) is 4.68. The van der Waals surface area contributed by atoms with E-state index in [0.717, 1.165) is 0 Å². The van der Waals surface area contributed by atoms with Gasteiger partial charge in [0.2, 0.25) is 0 Å². The summed E-state index contributed by atoms with van der Waals surface area (Å²) in [6, 6.07) is 0. The van der Waals surface area contributed by atoms with E-state index in [9.17, 15) is 9.59 Å². The van der Waals surface area contributed by atoms with Crippen molar-refractivity contribution in [3.8, 4) is 0 Å². The van der Waals surface area contributed by atoms with Gasteiger partial charge in [-0.05, 0) is 13.8 Å².